The predicted octanol–water partition coefficient (Wildman–Crippen LogP) is 1.87. The number of anilines is 1. The quantitative estimate of drug-likeness (QED) is 0.810. The highest BCUT2D eigenvalue weighted by Crippen LogP contribution is 2.29. The van der Waals surface area contributed by atoms with Crippen LogP contribution in [0.25, 0.3) is 5.69 Å². The first-order chi connectivity index (χ1) is 7.48. The van der Waals surface area contributed by atoms with Crippen LogP contribution in [0.1, 0.15) is 5.82 Å². The van der Waals surface area contributed by atoms with Crippen molar-refractivity contribution in [3.63, 3.8) is 0 Å². The smallest absolute Gasteiger partial charge is 0.366 e. The van der Waals surface area contributed by atoms with E-state index in [9.17, 15) is 13.2 Å². The maximum absolute atomic E-state index is 12.6. The second-order valence-electron chi connectivity index (χ2n) is 3.04. The SMILES string of the molecule is Nc1nc(C(F)(F)F)n(-c2ccccc2)n1. The number of rotatable bonds is 1. The van der Waals surface area contributed by atoms with Gasteiger partial charge < -0.3 is 5.73 Å². The summed E-state index contributed by atoms with van der Waals surface area (Å²) in [5.74, 6) is -1.53. The highest BCUT2D eigenvalue weighted by Gasteiger charge is 2.38. The summed E-state index contributed by atoms with van der Waals surface area (Å²) in [6.07, 6.45) is -4.58. The average Bonchev–Trinajstić information content (AvgIpc) is 2.61. The third-order valence-corrected chi connectivity index (χ3v) is 1.88. The lowest BCUT2D eigenvalue weighted by molar-refractivity contribution is -0.146. The van der Waals surface area contributed by atoms with E-state index in [-0.39, 0.29) is 5.69 Å². The summed E-state index contributed by atoms with van der Waals surface area (Å²) in [6, 6.07) is 7.88. The van der Waals surface area contributed by atoms with Gasteiger partial charge in [0.2, 0.25) is 11.8 Å². The van der Waals surface area contributed by atoms with Gasteiger partial charge in [0.1, 0.15) is 0 Å². The number of benzene rings is 1. The first kappa shape index (κ1) is 10.5. The molecule has 0 aliphatic heterocycles. The molecule has 0 aliphatic carbocycles. The van der Waals surface area contributed by atoms with Gasteiger partial charge in [0.25, 0.3) is 0 Å². The lowest BCUT2D eigenvalue weighted by Gasteiger charge is -2.07. The molecule has 1 aromatic heterocycles. The topological polar surface area (TPSA) is 56.7 Å². The van der Waals surface area contributed by atoms with Crippen LogP contribution in [0.4, 0.5) is 19.1 Å². The van der Waals surface area contributed by atoms with Gasteiger partial charge in [0.15, 0.2) is 0 Å². The van der Waals surface area contributed by atoms with E-state index < -0.39 is 17.9 Å². The van der Waals surface area contributed by atoms with E-state index >= 15 is 0 Å². The summed E-state index contributed by atoms with van der Waals surface area (Å²) >= 11 is 0. The monoisotopic (exact) mass is 228 g/mol. The molecule has 0 unspecified atom stereocenters. The summed E-state index contributed by atoms with van der Waals surface area (Å²) in [4.78, 5) is 3.16. The fourth-order valence-corrected chi connectivity index (χ4v) is 1.26. The van der Waals surface area contributed by atoms with Crippen LogP contribution in [0.15, 0.2) is 30.3 Å². The van der Waals surface area contributed by atoms with E-state index in [4.69, 9.17) is 5.73 Å². The summed E-state index contributed by atoms with van der Waals surface area (Å²) in [5, 5.41) is 3.51. The van der Waals surface area contributed by atoms with E-state index in [1.165, 1.54) is 12.1 Å². The van der Waals surface area contributed by atoms with E-state index in [1.54, 1.807) is 18.2 Å². The Kier molecular flexibility index (Phi) is 2.30. The van der Waals surface area contributed by atoms with Crippen molar-refractivity contribution in [2.24, 2.45) is 0 Å². The second-order valence-corrected chi connectivity index (χ2v) is 3.04. The maximum atomic E-state index is 12.6. The fraction of sp³-hybridized carbons (Fsp3) is 0.111. The van der Waals surface area contributed by atoms with Crippen molar-refractivity contribution in [3.8, 4) is 5.69 Å². The van der Waals surface area contributed by atoms with Crippen molar-refractivity contribution in [1.29, 1.82) is 0 Å². The summed E-state index contributed by atoms with van der Waals surface area (Å²) < 4.78 is 38.4. The fourth-order valence-electron chi connectivity index (χ4n) is 1.26. The summed E-state index contributed by atoms with van der Waals surface area (Å²) in [6.45, 7) is 0. The number of alkyl halides is 3. The van der Waals surface area contributed by atoms with Crippen molar-refractivity contribution in [1.82, 2.24) is 14.8 Å². The minimum Gasteiger partial charge on any atom is -0.366 e. The van der Waals surface area contributed by atoms with Crippen LogP contribution < -0.4 is 5.73 Å². The third kappa shape index (κ3) is 1.83. The van der Waals surface area contributed by atoms with E-state index in [0.29, 0.717) is 4.68 Å². The van der Waals surface area contributed by atoms with Crippen molar-refractivity contribution < 1.29 is 13.2 Å². The number of hydrogen-bond donors (Lipinski definition) is 1. The van der Waals surface area contributed by atoms with Crippen LogP contribution in [0.5, 0.6) is 0 Å². The molecule has 0 radical (unpaired) electrons. The van der Waals surface area contributed by atoms with Crippen molar-refractivity contribution in [2.45, 2.75) is 6.18 Å². The molecule has 2 aromatic rings. The van der Waals surface area contributed by atoms with Gasteiger partial charge in [-0.25, -0.2) is 4.68 Å². The maximum Gasteiger partial charge on any atom is 0.451 e. The molecule has 1 heterocycles. The second kappa shape index (κ2) is 3.51. The number of nitrogens with zero attached hydrogens (tertiary/aromatic N) is 3. The Bertz CT molecular complexity index is 489. The Morgan fingerprint density at radius 2 is 1.75 bits per heavy atom. The summed E-state index contributed by atoms with van der Waals surface area (Å²) in [7, 11) is 0. The van der Waals surface area contributed by atoms with Crippen molar-refractivity contribution >= 4 is 5.95 Å². The van der Waals surface area contributed by atoms with E-state index in [2.05, 4.69) is 10.1 Å². The largest absolute Gasteiger partial charge is 0.451 e. The zero-order chi connectivity index (χ0) is 11.8. The number of nitrogens with two attached hydrogens (primary N) is 1. The molecule has 0 saturated carbocycles. The first-order valence-corrected chi connectivity index (χ1v) is 4.33. The van der Waals surface area contributed by atoms with Crippen LogP contribution in [0, 0.1) is 0 Å². The number of halogens is 3. The van der Waals surface area contributed by atoms with Gasteiger partial charge in [-0.2, -0.15) is 18.2 Å². The van der Waals surface area contributed by atoms with Crippen molar-refractivity contribution in [2.75, 3.05) is 5.73 Å². The van der Waals surface area contributed by atoms with Gasteiger partial charge in [0, 0.05) is 0 Å². The molecule has 4 nitrogen and oxygen atoms in total. The molecule has 0 amide bonds. The molecule has 0 saturated heterocycles. The van der Waals surface area contributed by atoms with Gasteiger partial charge in [-0.3, -0.25) is 0 Å². The highest BCUT2D eigenvalue weighted by atomic mass is 19.4. The molecule has 0 atom stereocenters. The number of hydrogen-bond acceptors (Lipinski definition) is 3. The minimum atomic E-state index is -4.58. The van der Waals surface area contributed by atoms with Crippen LogP contribution in [-0.2, 0) is 6.18 Å². The van der Waals surface area contributed by atoms with Crippen molar-refractivity contribution in [3.05, 3.63) is 36.2 Å². The molecule has 84 valence electrons. The molecule has 0 fully saturated rings. The Labute approximate surface area is 88.5 Å². The van der Waals surface area contributed by atoms with E-state index in [1.807, 2.05) is 0 Å². The zero-order valence-electron chi connectivity index (χ0n) is 7.94. The molecule has 1 aromatic carbocycles. The Morgan fingerprint density at radius 3 is 2.31 bits per heavy atom. The molecule has 0 aliphatic rings. The first-order valence-electron chi connectivity index (χ1n) is 4.33. The highest BCUT2D eigenvalue weighted by molar-refractivity contribution is 5.33. The molecular weight excluding hydrogens is 221 g/mol. The van der Waals surface area contributed by atoms with Gasteiger partial charge in [-0.1, -0.05) is 18.2 Å². The standard InChI is InChI=1S/C9H7F3N4/c10-9(11,12)7-14-8(13)15-16(7)6-4-2-1-3-5-6/h1-5H,(H2,13,15). The van der Waals surface area contributed by atoms with Gasteiger partial charge in [-0.15, -0.1) is 5.10 Å². The minimum absolute atomic E-state index is 0.263. The number of nitrogen functional groups attached to an aromatic ring is 1. The molecule has 7 heteroatoms. The number of aromatic nitrogens is 3. The lowest BCUT2D eigenvalue weighted by atomic mass is 10.3. The van der Waals surface area contributed by atoms with Crippen LogP contribution >= 0.6 is 0 Å². The average molecular weight is 228 g/mol. The number of para-hydroxylation sites is 1. The third-order valence-electron chi connectivity index (χ3n) is 1.88. The molecule has 0 spiro atoms. The Hall–Kier alpha value is -2.05. The van der Waals surface area contributed by atoms with Crippen LogP contribution in [0.3, 0.4) is 0 Å². The predicted molar refractivity (Wildman–Crippen MR) is 50.8 cm³/mol. The Morgan fingerprint density at radius 1 is 1.12 bits per heavy atom. The summed E-state index contributed by atoms with van der Waals surface area (Å²) in [5.41, 5.74) is 5.43. The zero-order valence-corrected chi connectivity index (χ0v) is 7.94. The van der Waals surface area contributed by atoms with Gasteiger partial charge >= 0.3 is 6.18 Å². The molecule has 16 heavy (non-hydrogen) atoms. The van der Waals surface area contributed by atoms with Gasteiger partial charge in [0.05, 0.1) is 5.69 Å². The Balaban J connectivity index is 2.58. The normalized spacial score (nSPS) is 11.7. The van der Waals surface area contributed by atoms with E-state index in [0.717, 1.165) is 0 Å². The van der Waals surface area contributed by atoms with Crippen LogP contribution in [-0.4, -0.2) is 14.8 Å². The lowest BCUT2D eigenvalue weighted by Crippen LogP contribution is -2.14. The van der Waals surface area contributed by atoms with Gasteiger partial charge in [-0.05, 0) is 12.1 Å². The molecule has 0 bridgehead atoms. The van der Waals surface area contributed by atoms with Crippen LogP contribution in [0.2, 0.25) is 0 Å². The molecule has 2 rings (SSSR count). The molecule has 2 N–H and O–H groups in total. The molecular formula is C9H7F3N4.